The van der Waals surface area contributed by atoms with Gasteiger partial charge in [0.2, 0.25) is 5.91 Å². The van der Waals surface area contributed by atoms with Crippen molar-refractivity contribution in [1.29, 1.82) is 0 Å². The Bertz CT molecular complexity index is 665. The monoisotopic (exact) mass is 318 g/mol. The molecule has 1 heterocycles. The van der Waals surface area contributed by atoms with Crippen molar-refractivity contribution in [2.45, 2.75) is 26.7 Å². The molecule has 6 heteroatoms. The molecule has 0 aliphatic carbocycles. The summed E-state index contributed by atoms with van der Waals surface area (Å²) in [6, 6.07) is 9.53. The van der Waals surface area contributed by atoms with Crippen molar-refractivity contribution in [2.75, 3.05) is 5.32 Å². The van der Waals surface area contributed by atoms with E-state index < -0.39 is 5.97 Å². The first-order chi connectivity index (χ1) is 10.5. The van der Waals surface area contributed by atoms with Crippen LogP contribution in [0.4, 0.5) is 5.13 Å². The molecule has 0 saturated heterocycles. The molecule has 1 aromatic carbocycles. The standard InChI is InChI=1S/C16H18N2O3S/c1-10(2)8-13(19)18-16-17-12(14(22-16)15(20)21)9-11-6-4-3-5-7-11/h3-7,10H,8-9H2,1-2H3,(H,20,21)(H,17,18,19). The minimum absolute atomic E-state index is 0.146. The van der Waals surface area contributed by atoms with Crippen LogP contribution < -0.4 is 5.32 Å². The Balaban J connectivity index is 2.19. The SMILES string of the molecule is CC(C)CC(=O)Nc1nc(Cc2ccccc2)c(C(=O)O)s1. The molecule has 2 aromatic rings. The molecule has 0 aliphatic heterocycles. The van der Waals surface area contributed by atoms with Gasteiger partial charge in [-0.3, -0.25) is 4.79 Å². The zero-order valence-electron chi connectivity index (χ0n) is 12.5. The van der Waals surface area contributed by atoms with Crippen LogP contribution in [0.1, 0.15) is 41.2 Å². The van der Waals surface area contributed by atoms with Crippen LogP contribution in [0, 0.1) is 5.92 Å². The van der Waals surface area contributed by atoms with Gasteiger partial charge in [-0.2, -0.15) is 0 Å². The number of nitrogens with zero attached hydrogens (tertiary/aromatic N) is 1. The van der Waals surface area contributed by atoms with Gasteiger partial charge in [0, 0.05) is 12.8 Å². The zero-order valence-corrected chi connectivity index (χ0v) is 13.3. The van der Waals surface area contributed by atoms with Crippen LogP contribution in [-0.4, -0.2) is 22.0 Å². The normalized spacial score (nSPS) is 10.7. The summed E-state index contributed by atoms with van der Waals surface area (Å²) in [5.74, 6) is -0.928. The van der Waals surface area contributed by atoms with Crippen molar-refractivity contribution >= 4 is 28.3 Å². The van der Waals surface area contributed by atoms with E-state index in [2.05, 4.69) is 10.3 Å². The smallest absolute Gasteiger partial charge is 0.347 e. The molecule has 5 nitrogen and oxygen atoms in total. The van der Waals surface area contributed by atoms with Crippen molar-refractivity contribution in [1.82, 2.24) is 4.98 Å². The van der Waals surface area contributed by atoms with Gasteiger partial charge in [0.25, 0.3) is 0 Å². The average Bonchev–Trinajstić information content (AvgIpc) is 2.81. The van der Waals surface area contributed by atoms with E-state index in [1.54, 1.807) is 0 Å². The van der Waals surface area contributed by atoms with E-state index in [9.17, 15) is 14.7 Å². The lowest BCUT2D eigenvalue weighted by Gasteiger charge is -2.03. The van der Waals surface area contributed by atoms with Crippen molar-refractivity contribution in [3.8, 4) is 0 Å². The quantitative estimate of drug-likeness (QED) is 0.855. The van der Waals surface area contributed by atoms with Gasteiger partial charge >= 0.3 is 5.97 Å². The number of aromatic nitrogens is 1. The van der Waals surface area contributed by atoms with Gasteiger partial charge in [0.05, 0.1) is 5.69 Å². The Morgan fingerprint density at radius 3 is 2.55 bits per heavy atom. The number of amides is 1. The topological polar surface area (TPSA) is 79.3 Å². The van der Waals surface area contributed by atoms with Crippen LogP contribution >= 0.6 is 11.3 Å². The number of rotatable bonds is 6. The summed E-state index contributed by atoms with van der Waals surface area (Å²) in [7, 11) is 0. The average molecular weight is 318 g/mol. The fraction of sp³-hybridized carbons (Fsp3) is 0.312. The van der Waals surface area contributed by atoms with Gasteiger partial charge in [0.15, 0.2) is 5.13 Å². The first-order valence-corrected chi connectivity index (χ1v) is 7.84. The largest absolute Gasteiger partial charge is 0.477 e. The highest BCUT2D eigenvalue weighted by atomic mass is 32.1. The number of hydrogen-bond acceptors (Lipinski definition) is 4. The third-order valence-electron chi connectivity index (χ3n) is 2.95. The predicted octanol–water partition coefficient (Wildman–Crippen LogP) is 3.42. The van der Waals surface area contributed by atoms with Crippen LogP contribution in [0.3, 0.4) is 0 Å². The van der Waals surface area contributed by atoms with Gasteiger partial charge in [-0.25, -0.2) is 9.78 Å². The number of benzene rings is 1. The number of anilines is 1. The zero-order chi connectivity index (χ0) is 16.1. The maximum absolute atomic E-state index is 11.8. The summed E-state index contributed by atoms with van der Waals surface area (Å²) in [5, 5.41) is 12.3. The first kappa shape index (κ1) is 16.2. The summed E-state index contributed by atoms with van der Waals surface area (Å²) in [6.45, 7) is 3.90. The number of carboxylic acid groups (broad SMARTS) is 1. The Morgan fingerprint density at radius 1 is 1.27 bits per heavy atom. The second-order valence-electron chi connectivity index (χ2n) is 5.41. The summed E-state index contributed by atoms with van der Waals surface area (Å²) in [4.78, 5) is 27.6. The molecular formula is C16H18N2O3S. The van der Waals surface area contributed by atoms with Crippen molar-refractivity contribution in [3.63, 3.8) is 0 Å². The lowest BCUT2D eigenvalue weighted by molar-refractivity contribution is -0.116. The summed E-state index contributed by atoms with van der Waals surface area (Å²) >= 11 is 1.000. The van der Waals surface area contributed by atoms with E-state index >= 15 is 0 Å². The van der Waals surface area contributed by atoms with Crippen molar-refractivity contribution in [2.24, 2.45) is 5.92 Å². The van der Waals surface area contributed by atoms with Crippen LogP contribution in [-0.2, 0) is 11.2 Å². The van der Waals surface area contributed by atoms with E-state index in [0.717, 1.165) is 16.9 Å². The Kier molecular flexibility index (Phi) is 5.27. The first-order valence-electron chi connectivity index (χ1n) is 7.02. The van der Waals surface area contributed by atoms with Crippen LogP contribution in [0.15, 0.2) is 30.3 Å². The molecule has 0 radical (unpaired) electrons. The molecule has 2 N–H and O–H groups in total. The van der Waals surface area contributed by atoms with Crippen LogP contribution in [0.25, 0.3) is 0 Å². The van der Waals surface area contributed by atoms with Gasteiger partial charge in [-0.1, -0.05) is 55.5 Å². The third-order valence-corrected chi connectivity index (χ3v) is 3.95. The third kappa shape index (κ3) is 4.39. The van der Waals surface area contributed by atoms with Gasteiger partial charge in [0.1, 0.15) is 4.88 Å². The molecule has 1 aromatic heterocycles. The highest BCUT2D eigenvalue weighted by molar-refractivity contribution is 7.17. The number of carbonyl (C=O) groups is 2. The van der Waals surface area contributed by atoms with Crippen molar-refractivity contribution in [3.05, 3.63) is 46.5 Å². The maximum Gasteiger partial charge on any atom is 0.347 e. The molecule has 0 bridgehead atoms. The fourth-order valence-corrected chi connectivity index (χ4v) is 2.86. The molecular weight excluding hydrogens is 300 g/mol. The number of thiazole rings is 1. The minimum Gasteiger partial charge on any atom is -0.477 e. The van der Waals surface area contributed by atoms with Crippen molar-refractivity contribution < 1.29 is 14.7 Å². The molecule has 2 rings (SSSR count). The van der Waals surface area contributed by atoms with Gasteiger partial charge < -0.3 is 10.4 Å². The van der Waals surface area contributed by atoms with Gasteiger partial charge in [-0.05, 0) is 11.5 Å². The molecule has 0 atom stereocenters. The number of carboxylic acids is 1. The molecule has 1 amide bonds. The van der Waals surface area contributed by atoms with E-state index in [1.807, 2.05) is 44.2 Å². The van der Waals surface area contributed by atoms with E-state index in [-0.39, 0.29) is 16.7 Å². The maximum atomic E-state index is 11.8. The second-order valence-corrected chi connectivity index (χ2v) is 6.41. The summed E-state index contributed by atoms with van der Waals surface area (Å²) in [6.07, 6.45) is 0.815. The Hall–Kier alpha value is -2.21. The van der Waals surface area contributed by atoms with E-state index in [1.165, 1.54) is 0 Å². The predicted molar refractivity (Wildman–Crippen MR) is 86.4 cm³/mol. The molecule has 0 unspecified atom stereocenters. The minimum atomic E-state index is -1.02. The van der Waals surface area contributed by atoms with E-state index in [4.69, 9.17) is 0 Å². The molecule has 0 saturated carbocycles. The highest BCUT2D eigenvalue weighted by Crippen LogP contribution is 2.25. The van der Waals surface area contributed by atoms with Crippen LogP contribution in [0.5, 0.6) is 0 Å². The summed E-state index contributed by atoms with van der Waals surface area (Å²) in [5.41, 5.74) is 1.46. The van der Waals surface area contributed by atoms with Crippen LogP contribution in [0.2, 0.25) is 0 Å². The number of hydrogen-bond donors (Lipinski definition) is 2. The van der Waals surface area contributed by atoms with Gasteiger partial charge in [-0.15, -0.1) is 0 Å². The fourth-order valence-electron chi connectivity index (χ4n) is 2.02. The molecule has 0 aliphatic rings. The second kappa shape index (κ2) is 7.17. The summed E-state index contributed by atoms with van der Waals surface area (Å²) < 4.78 is 0. The van der Waals surface area contributed by atoms with E-state index in [0.29, 0.717) is 23.7 Å². The number of carbonyl (C=O) groups excluding carboxylic acids is 1. The lowest BCUT2D eigenvalue weighted by Crippen LogP contribution is -2.13. The Labute approximate surface area is 133 Å². The molecule has 0 spiro atoms. The number of aromatic carboxylic acids is 1. The molecule has 116 valence electrons. The highest BCUT2D eigenvalue weighted by Gasteiger charge is 2.19. The lowest BCUT2D eigenvalue weighted by atomic mass is 10.1. The molecule has 22 heavy (non-hydrogen) atoms. The molecule has 0 fully saturated rings. The number of nitrogens with one attached hydrogen (secondary N) is 1. The Morgan fingerprint density at radius 2 is 1.95 bits per heavy atom.